The molecular weight excluding hydrogens is 368 g/mol. The highest BCUT2D eigenvalue weighted by Gasteiger charge is 2.13. The van der Waals surface area contributed by atoms with E-state index < -0.39 is 4.92 Å². The predicted molar refractivity (Wildman–Crippen MR) is 109 cm³/mol. The summed E-state index contributed by atoms with van der Waals surface area (Å²) in [6.07, 6.45) is 0.873. The molecule has 0 saturated carbocycles. The SMILES string of the molecule is Cc1ccc(NCCCNC(=O)CC(N)c2ccccc2)c([N+](=O)[O-])c1.Cl. The second kappa shape index (κ2) is 11.2. The Morgan fingerprint density at radius 2 is 1.89 bits per heavy atom. The van der Waals surface area contributed by atoms with Gasteiger partial charge in [0.2, 0.25) is 5.91 Å². The Morgan fingerprint density at radius 1 is 1.19 bits per heavy atom. The Balaban J connectivity index is 0.00000364. The number of nitro benzene ring substituents is 1. The maximum atomic E-state index is 11.9. The summed E-state index contributed by atoms with van der Waals surface area (Å²) < 4.78 is 0. The summed E-state index contributed by atoms with van der Waals surface area (Å²) in [5.74, 6) is -0.109. The van der Waals surface area contributed by atoms with E-state index in [2.05, 4.69) is 10.6 Å². The number of nitrogens with one attached hydrogen (secondary N) is 2. The number of halogens is 1. The number of benzene rings is 2. The van der Waals surface area contributed by atoms with Crippen LogP contribution >= 0.6 is 12.4 Å². The zero-order chi connectivity index (χ0) is 18.9. The van der Waals surface area contributed by atoms with Crippen molar-refractivity contribution >= 4 is 29.7 Å². The second-order valence-electron chi connectivity index (χ2n) is 6.13. The summed E-state index contributed by atoms with van der Waals surface area (Å²) in [6.45, 7) is 2.81. The van der Waals surface area contributed by atoms with E-state index in [4.69, 9.17) is 5.73 Å². The van der Waals surface area contributed by atoms with E-state index >= 15 is 0 Å². The van der Waals surface area contributed by atoms with E-state index in [1.807, 2.05) is 43.3 Å². The molecule has 146 valence electrons. The fraction of sp³-hybridized carbons (Fsp3) is 0.316. The topological polar surface area (TPSA) is 110 Å². The molecule has 0 aliphatic rings. The number of nitrogens with zero attached hydrogens (tertiary/aromatic N) is 1. The van der Waals surface area contributed by atoms with E-state index in [-0.39, 0.29) is 36.5 Å². The van der Waals surface area contributed by atoms with Crippen LogP contribution in [0.2, 0.25) is 0 Å². The third-order valence-corrected chi connectivity index (χ3v) is 3.97. The number of amides is 1. The van der Waals surface area contributed by atoms with E-state index in [0.29, 0.717) is 25.2 Å². The molecule has 0 aliphatic carbocycles. The van der Waals surface area contributed by atoms with Crippen molar-refractivity contribution in [3.8, 4) is 0 Å². The van der Waals surface area contributed by atoms with Crippen LogP contribution in [0.4, 0.5) is 11.4 Å². The van der Waals surface area contributed by atoms with Crippen LogP contribution in [-0.4, -0.2) is 23.9 Å². The first-order chi connectivity index (χ1) is 12.5. The van der Waals surface area contributed by atoms with Gasteiger partial charge < -0.3 is 16.4 Å². The first-order valence-corrected chi connectivity index (χ1v) is 8.53. The van der Waals surface area contributed by atoms with Crippen molar-refractivity contribution in [3.05, 3.63) is 69.8 Å². The van der Waals surface area contributed by atoms with Crippen LogP contribution in [0.25, 0.3) is 0 Å². The summed E-state index contributed by atoms with van der Waals surface area (Å²) >= 11 is 0. The van der Waals surface area contributed by atoms with E-state index in [9.17, 15) is 14.9 Å². The van der Waals surface area contributed by atoms with Crippen molar-refractivity contribution in [2.75, 3.05) is 18.4 Å². The molecule has 4 N–H and O–H groups in total. The number of rotatable bonds is 9. The number of nitrogens with two attached hydrogens (primary N) is 1. The van der Waals surface area contributed by atoms with Crippen molar-refractivity contribution in [3.63, 3.8) is 0 Å². The summed E-state index contributed by atoms with van der Waals surface area (Å²) in [7, 11) is 0. The van der Waals surface area contributed by atoms with Gasteiger partial charge in [-0.05, 0) is 30.5 Å². The van der Waals surface area contributed by atoms with Crippen molar-refractivity contribution in [2.45, 2.75) is 25.8 Å². The van der Waals surface area contributed by atoms with Gasteiger partial charge in [-0.3, -0.25) is 14.9 Å². The number of carbonyl (C=O) groups is 1. The van der Waals surface area contributed by atoms with E-state index in [1.165, 1.54) is 6.07 Å². The number of carbonyl (C=O) groups excluding carboxylic acids is 1. The molecule has 8 heteroatoms. The number of nitro groups is 1. The summed E-state index contributed by atoms with van der Waals surface area (Å²) in [6, 6.07) is 14.2. The van der Waals surface area contributed by atoms with E-state index in [0.717, 1.165) is 11.1 Å². The number of aryl methyl sites for hydroxylation is 1. The molecule has 27 heavy (non-hydrogen) atoms. The molecule has 1 atom stereocenters. The molecule has 0 aliphatic heterocycles. The van der Waals surface area contributed by atoms with E-state index in [1.54, 1.807) is 6.07 Å². The Morgan fingerprint density at radius 3 is 2.56 bits per heavy atom. The van der Waals surface area contributed by atoms with Gasteiger partial charge in [-0.25, -0.2) is 0 Å². The summed E-state index contributed by atoms with van der Waals surface area (Å²) in [4.78, 5) is 22.6. The van der Waals surface area contributed by atoms with Crippen molar-refractivity contribution in [1.29, 1.82) is 0 Å². The van der Waals surface area contributed by atoms with Crippen molar-refractivity contribution < 1.29 is 9.72 Å². The first-order valence-electron chi connectivity index (χ1n) is 8.53. The lowest BCUT2D eigenvalue weighted by atomic mass is 10.0. The van der Waals surface area contributed by atoms with Crippen LogP contribution < -0.4 is 16.4 Å². The molecule has 0 radical (unpaired) electrons. The van der Waals surface area contributed by atoms with Crippen LogP contribution in [0.1, 0.15) is 30.0 Å². The molecule has 0 spiro atoms. The molecule has 0 bridgehead atoms. The van der Waals surface area contributed by atoms with Gasteiger partial charge in [0.25, 0.3) is 5.69 Å². The van der Waals surface area contributed by atoms with Gasteiger partial charge in [-0.1, -0.05) is 36.4 Å². The van der Waals surface area contributed by atoms with Gasteiger partial charge in [0, 0.05) is 31.6 Å². The fourth-order valence-electron chi connectivity index (χ4n) is 2.57. The molecule has 7 nitrogen and oxygen atoms in total. The lowest BCUT2D eigenvalue weighted by Crippen LogP contribution is -2.29. The molecule has 2 rings (SSSR count). The average molecular weight is 393 g/mol. The maximum absolute atomic E-state index is 11.9. The monoisotopic (exact) mass is 392 g/mol. The number of hydrogen-bond donors (Lipinski definition) is 3. The van der Waals surface area contributed by atoms with Crippen LogP contribution in [0.15, 0.2) is 48.5 Å². The molecule has 2 aromatic carbocycles. The Hall–Kier alpha value is -2.64. The highest BCUT2D eigenvalue weighted by molar-refractivity contribution is 5.85. The molecule has 2 aromatic rings. The normalized spacial score (nSPS) is 11.2. The maximum Gasteiger partial charge on any atom is 0.292 e. The molecule has 0 saturated heterocycles. The van der Waals surface area contributed by atoms with Gasteiger partial charge in [0.05, 0.1) is 4.92 Å². The smallest absolute Gasteiger partial charge is 0.292 e. The average Bonchev–Trinajstić information content (AvgIpc) is 2.63. The molecule has 0 aromatic heterocycles. The van der Waals surface area contributed by atoms with Crippen molar-refractivity contribution in [2.24, 2.45) is 5.73 Å². The molecular formula is C19H25ClN4O3. The van der Waals surface area contributed by atoms with Gasteiger partial charge in [0.15, 0.2) is 0 Å². The lowest BCUT2D eigenvalue weighted by molar-refractivity contribution is -0.384. The summed E-state index contributed by atoms with van der Waals surface area (Å²) in [5, 5.41) is 16.9. The largest absolute Gasteiger partial charge is 0.379 e. The zero-order valence-corrected chi connectivity index (χ0v) is 16.0. The molecule has 1 unspecified atom stereocenters. The van der Waals surface area contributed by atoms with Crippen LogP contribution in [-0.2, 0) is 4.79 Å². The number of anilines is 1. The quantitative estimate of drug-likeness (QED) is 0.344. The second-order valence-corrected chi connectivity index (χ2v) is 6.13. The van der Waals surface area contributed by atoms with Gasteiger partial charge in [-0.15, -0.1) is 12.4 Å². The Kier molecular flexibility index (Phi) is 9.25. The number of hydrogen-bond acceptors (Lipinski definition) is 5. The van der Waals surface area contributed by atoms with Crippen molar-refractivity contribution in [1.82, 2.24) is 5.32 Å². The van der Waals surface area contributed by atoms with Crippen LogP contribution in [0, 0.1) is 17.0 Å². The zero-order valence-electron chi connectivity index (χ0n) is 15.2. The minimum absolute atomic E-state index is 0. The Bertz CT molecular complexity index is 756. The minimum Gasteiger partial charge on any atom is -0.379 e. The summed E-state index contributed by atoms with van der Waals surface area (Å²) in [5.41, 5.74) is 8.33. The fourth-order valence-corrected chi connectivity index (χ4v) is 2.57. The molecule has 1 amide bonds. The Labute approximate surface area is 164 Å². The highest BCUT2D eigenvalue weighted by atomic mass is 35.5. The van der Waals surface area contributed by atoms with Gasteiger partial charge in [-0.2, -0.15) is 0 Å². The third-order valence-electron chi connectivity index (χ3n) is 3.97. The predicted octanol–water partition coefficient (Wildman–Crippen LogP) is 3.33. The molecule has 0 heterocycles. The first kappa shape index (κ1) is 22.4. The van der Waals surface area contributed by atoms with Crippen LogP contribution in [0.5, 0.6) is 0 Å². The molecule has 0 fully saturated rings. The minimum atomic E-state index is -0.401. The lowest BCUT2D eigenvalue weighted by Gasteiger charge is -2.12. The standard InChI is InChI=1S/C19H24N4O3.ClH/c1-14-8-9-17(18(12-14)23(25)26)21-10-5-11-22-19(24)13-16(20)15-6-3-2-4-7-15;/h2-4,6-9,12,16,21H,5,10-11,13,20H2,1H3,(H,22,24);1H. The van der Waals surface area contributed by atoms with Crippen LogP contribution in [0.3, 0.4) is 0 Å². The van der Waals surface area contributed by atoms with Gasteiger partial charge in [0.1, 0.15) is 5.69 Å². The highest BCUT2D eigenvalue weighted by Crippen LogP contribution is 2.25. The third kappa shape index (κ3) is 7.24. The van der Waals surface area contributed by atoms with Gasteiger partial charge >= 0.3 is 0 Å².